The van der Waals surface area contributed by atoms with E-state index in [0.29, 0.717) is 16.7 Å². The van der Waals surface area contributed by atoms with Crippen LogP contribution in [0, 0.1) is 46.3 Å². The molecule has 2 N–H and O–H groups in total. The summed E-state index contributed by atoms with van der Waals surface area (Å²) < 4.78 is 0. The van der Waals surface area contributed by atoms with Gasteiger partial charge < -0.3 is 10.4 Å². The van der Waals surface area contributed by atoms with Gasteiger partial charge in [0.2, 0.25) is 0 Å². The van der Waals surface area contributed by atoms with Gasteiger partial charge in [0.25, 0.3) is 0 Å². The molecule has 2 nitrogen and oxygen atoms in total. The zero-order valence-corrected chi connectivity index (χ0v) is 17.8. The first-order valence-electron chi connectivity index (χ1n) is 11.7. The molecule has 0 aromatic rings. The second-order valence-corrected chi connectivity index (χ2v) is 11.1. The van der Waals surface area contributed by atoms with Crippen LogP contribution in [0.5, 0.6) is 0 Å². The molecular weight excluding hydrogens is 318 g/mol. The Morgan fingerprint density at radius 1 is 1.00 bits per heavy atom. The highest BCUT2D eigenvalue weighted by molar-refractivity contribution is 5.11. The van der Waals surface area contributed by atoms with Gasteiger partial charge in [-0.1, -0.05) is 33.6 Å². The van der Waals surface area contributed by atoms with Crippen molar-refractivity contribution in [1.82, 2.24) is 5.32 Å². The number of rotatable bonds is 4. The van der Waals surface area contributed by atoms with Crippen LogP contribution < -0.4 is 5.32 Å². The van der Waals surface area contributed by atoms with Crippen molar-refractivity contribution in [3.8, 4) is 0 Å². The molecule has 8 unspecified atom stereocenters. The molecule has 2 heteroatoms. The van der Waals surface area contributed by atoms with Crippen molar-refractivity contribution in [2.24, 2.45) is 46.3 Å². The van der Waals surface area contributed by atoms with Crippen molar-refractivity contribution in [2.75, 3.05) is 13.6 Å². The van der Waals surface area contributed by atoms with E-state index in [1.165, 1.54) is 57.8 Å². The third-order valence-electron chi connectivity index (χ3n) is 10.2. The van der Waals surface area contributed by atoms with Gasteiger partial charge in [-0.25, -0.2) is 0 Å². The summed E-state index contributed by atoms with van der Waals surface area (Å²) in [6.45, 7) is 8.87. The summed E-state index contributed by atoms with van der Waals surface area (Å²) >= 11 is 0. The summed E-state index contributed by atoms with van der Waals surface area (Å²) in [6, 6.07) is 0. The molecule has 0 aromatic carbocycles. The maximum absolute atomic E-state index is 11.3. The molecule has 0 bridgehead atoms. The van der Waals surface area contributed by atoms with Crippen molar-refractivity contribution in [3.63, 3.8) is 0 Å². The molecule has 9 atom stereocenters. The smallest absolute Gasteiger partial charge is 0.0577 e. The van der Waals surface area contributed by atoms with Gasteiger partial charge in [0.05, 0.1) is 6.10 Å². The Bertz CT molecular complexity index is 506. The first-order valence-corrected chi connectivity index (χ1v) is 11.7. The Morgan fingerprint density at radius 2 is 1.77 bits per heavy atom. The summed E-state index contributed by atoms with van der Waals surface area (Å²) in [5.74, 6) is 4.64. The molecule has 4 aliphatic rings. The quantitative estimate of drug-likeness (QED) is 0.716. The van der Waals surface area contributed by atoms with Crippen molar-refractivity contribution in [2.45, 2.75) is 91.1 Å². The lowest BCUT2D eigenvalue weighted by Gasteiger charge is -2.62. The molecular formula is C24H43NO. The average molecular weight is 362 g/mol. The zero-order chi connectivity index (χ0) is 18.5. The molecule has 0 heterocycles. The van der Waals surface area contributed by atoms with Gasteiger partial charge in [0.15, 0.2) is 0 Å². The second kappa shape index (κ2) is 7.07. The van der Waals surface area contributed by atoms with Gasteiger partial charge >= 0.3 is 0 Å². The SMILES string of the molecule is CNCC[C@@H](C)C1CCC2C3C(O)CC4CCCCC4(C)C3CCC21C. The first kappa shape index (κ1) is 19.2. The van der Waals surface area contributed by atoms with Gasteiger partial charge in [0.1, 0.15) is 0 Å². The van der Waals surface area contributed by atoms with Crippen LogP contribution >= 0.6 is 0 Å². The number of hydrogen-bond acceptors (Lipinski definition) is 2. The lowest BCUT2D eigenvalue weighted by atomic mass is 9.44. The van der Waals surface area contributed by atoms with Crippen molar-refractivity contribution >= 4 is 0 Å². The van der Waals surface area contributed by atoms with E-state index in [1.807, 2.05) is 0 Å². The van der Waals surface area contributed by atoms with Crippen LogP contribution in [0.25, 0.3) is 0 Å². The van der Waals surface area contributed by atoms with E-state index in [9.17, 15) is 5.11 Å². The lowest BCUT2D eigenvalue weighted by Crippen LogP contribution is -2.57. The third kappa shape index (κ3) is 2.81. The summed E-state index contributed by atoms with van der Waals surface area (Å²) in [6.07, 6.45) is 13.6. The molecule has 0 aliphatic heterocycles. The molecule has 0 aromatic heterocycles. The Hall–Kier alpha value is -0.0800. The molecule has 150 valence electrons. The molecule has 0 radical (unpaired) electrons. The minimum Gasteiger partial charge on any atom is -0.393 e. The van der Waals surface area contributed by atoms with E-state index < -0.39 is 0 Å². The molecule has 4 saturated carbocycles. The van der Waals surface area contributed by atoms with Gasteiger partial charge in [0, 0.05) is 0 Å². The summed E-state index contributed by atoms with van der Waals surface area (Å²) in [4.78, 5) is 0. The van der Waals surface area contributed by atoms with Crippen molar-refractivity contribution in [3.05, 3.63) is 0 Å². The minimum absolute atomic E-state index is 0.0211. The topological polar surface area (TPSA) is 32.3 Å². The van der Waals surface area contributed by atoms with Gasteiger partial charge in [-0.05, 0) is 111 Å². The highest BCUT2D eigenvalue weighted by Gasteiger charge is 2.62. The summed E-state index contributed by atoms with van der Waals surface area (Å²) in [5, 5.41) is 14.6. The Labute approximate surface area is 161 Å². The zero-order valence-electron chi connectivity index (χ0n) is 17.8. The van der Waals surface area contributed by atoms with Crippen LogP contribution in [0.1, 0.15) is 85.0 Å². The molecule has 4 rings (SSSR count). The minimum atomic E-state index is -0.0211. The number of aliphatic hydroxyl groups is 1. The fourth-order valence-electron chi connectivity index (χ4n) is 8.80. The highest BCUT2D eigenvalue weighted by Crippen LogP contribution is 2.68. The highest BCUT2D eigenvalue weighted by atomic mass is 16.3. The second-order valence-electron chi connectivity index (χ2n) is 11.1. The van der Waals surface area contributed by atoms with Crippen LogP contribution in [0.15, 0.2) is 0 Å². The normalized spacial score (nSPS) is 52.0. The molecule has 4 fully saturated rings. The third-order valence-corrected chi connectivity index (χ3v) is 10.2. The summed E-state index contributed by atoms with van der Waals surface area (Å²) in [5.41, 5.74) is 1.01. The van der Waals surface area contributed by atoms with Crippen LogP contribution in [0.4, 0.5) is 0 Å². The number of aliphatic hydroxyl groups excluding tert-OH is 1. The maximum atomic E-state index is 11.3. The molecule has 0 amide bonds. The van der Waals surface area contributed by atoms with Crippen molar-refractivity contribution < 1.29 is 5.11 Å². The maximum Gasteiger partial charge on any atom is 0.0577 e. The van der Waals surface area contributed by atoms with E-state index in [-0.39, 0.29) is 6.10 Å². The van der Waals surface area contributed by atoms with Crippen LogP contribution in [-0.2, 0) is 0 Å². The van der Waals surface area contributed by atoms with Gasteiger partial charge in [-0.3, -0.25) is 0 Å². The predicted octanol–water partition coefficient (Wildman–Crippen LogP) is 5.25. The standard InChI is InChI=1S/C24H43NO/c1-16(11-14-25-4)18-8-9-19-22-20(10-13-24(18,19)3)23(2)12-6-5-7-17(23)15-21(22)26/h16-22,25-26H,5-15H2,1-4H3/t16-,17?,18?,19?,20?,21?,22?,23?,24?/m1/s1. The Balaban J connectivity index is 1.58. The van der Waals surface area contributed by atoms with E-state index in [4.69, 9.17) is 0 Å². The fourth-order valence-corrected chi connectivity index (χ4v) is 8.80. The number of fused-ring (bicyclic) bond motifs is 5. The first-order chi connectivity index (χ1) is 12.4. The van der Waals surface area contributed by atoms with E-state index in [2.05, 4.69) is 33.1 Å². The van der Waals surface area contributed by atoms with E-state index in [0.717, 1.165) is 42.6 Å². The van der Waals surface area contributed by atoms with Crippen molar-refractivity contribution in [1.29, 1.82) is 0 Å². The van der Waals surface area contributed by atoms with E-state index in [1.54, 1.807) is 0 Å². The monoisotopic (exact) mass is 361 g/mol. The lowest BCUT2D eigenvalue weighted by molar-refractivity contribution is -0.164. The van der Waals surface area contributed by atoms with Crippen LogP contribution in [0.2, 0.25) is 0 Å². The molecule has 26 heavy (non-hydrogen) atoms. The molecule has 0 saturated heterocycles. The number of nitrogens with one attached hydrogen (secondary N) is 1. The number of hydrogen-bond donors (Lipinski definition) is 2. The van der Waals surface area contributed by atoms with E-state index >= 15 is 0 Å². The largest absolute Gasteiger partial charge is 0.393 e. The predicted molar refractivity (Wildman–Crippen MR) is 109 cm³/mol. The van der Waals surface area contributed by atoms with Gasteiger partial charge in [-0.2, -0.15) is 0 Å². The van der Waals surface area contributed by atoms with Gasteiger partial charge in [-0.15, -0.1) is 0 Å². The van der Waals surface area contributed by atoms with Crippen LogP contribution in [0.3, 0.4) is 0 Å². The molecule has 0 spiro atoms. The Morgan fingerprint density at radius 3 is 2.54 bits per heavy atom. The Kier molecular flexibility index (Phi) is 5.23. The summed E-state index contributed by atoms with van der Waals surface area (Å²) in [7, 11) is 2.08. The average Bonchev–Trinajstić information content (AvgIpc) is 2.97. The van der Waals surface area contributed by atoms with Crippen LogP contribution in [-0.4, -0.2) is 24.8 Å². The fraction of sp³-hybridized carbons (Fsp3) is 1.00. The molecule has 4 aliphatic carbocycles.